The van der Waals surface area contributed by atoms with Gasteiger partial charge in [0.25, 0.3) is 5.91 Å². The number of aryl methyl sites for hydroxylation is 3. The van der Waals surface area contributed by atoms with Gasteiger partial charge in [-0.2, -0.15) is 5.10 Å². The summed E-state index contributed by atoms with van der Waals surface area (Å²) in [4.78, 5) is 29.9. The number of hydrogen-bond donors (Lipinski definition) is 1. The van der Waals surface area contributed by atoms with Crippen molar-refractivity contribution >= 4 is 17.5 Å². The van der Waals surface area contributed by atoms with Crippen molar-refractivity contribution in [2.24, 2.45) is 7.05 Å². The average molecular weight is 503 g/mol. The van der Waals surface area contributed by atoms with Crippen molar-refractivity contribution < 1.29 is 19.1 Å². The Bertz CT molecular complexity index is 1280. The monoisotopic (exact) mass is 502 g/mol. The molecule has 5 rings (SSSR count). The molecule has 0 saturated heterocycles. The highest BCUT2D eigenvalue weighted by Crippen LogP contribution is 2.35. The van der Waals surface area contributed by atoms with Crippen LogP contribution in [0.25, 0.3) is 0 Å². The van der Waals surface area contributed by atoms with Gasteiger partial charge >= 0.3 is 0 Å². The number of ether oxygens (including phenoxy) is 2. The van der Waals surface area contributed by atoms with Crippen LogP contribution in [0.15, 0.2) is 54.7 Å². The van der Waals surface area contributed by atoms with Gasteiger partial charge in [-0.1, -0.05) is 43.5 Å². The lowest BCUT2D eigenvalue weighted by Crippen LogP contribution is -2.52. The van der Waals surface area contributed by atoms with E-state index in [-0.39, 0.29) is 24.5 Å². The van der Waals surface area contributed by atoms with Crippen molar-refractivity contribution in [3.8, 4) is 11.5 Å². The van der Waals surface area contributed by atoms with Gasteiger partial charge in [-0.3, -0.25) is 19.2 Å². The van der Waals surface area contributed by atoms with E-state index in [1.54, 1.807) is 15.6 Å². The molecule has 8 heteroatoms. The lowest BCUT2D eigenvalue weighted by atomic mass is 9.94. The van der Waals surface area contributed by atoms with Crippen LogP contribution in [0.2, 0.25) is 0 Å². The lowest BCUT2D eigenvalue weighted by Gasteiger charge is -2.36. The summed E-state index contributed by atoms with van der Waals surface area (Å²) in [7, 11) is 1.82. The van der Waals surface area contributed by atoms with Crippen LogP contribution in [0.1, 0.15) is 55.0 Å². The van der Waals surface area contributed by atoms with Crippen LogP contribution in [0.4, 0.5) is 5.69 Å². The first-order valence-corrected chi connectivity index (χ1v) is 13.0. The predicted octanol–water partition coefficient (Wildman–Crippen LogP) is 4.40. The van der Waals surface area contributed by atoms with Gasteiger partial charge in [0.2, 0.25) is 12.0 Å². The highest BCUT2D eigenvalue weighted by molar-refractivity contribution is 6.03. The van der Waals surface area contributed by atoms with Gasteiger partial charge in [-0.15, -0.1) is 0 Å². The maximum absolute atomic E-state index is 14.3. The van der Waals surface area contributed by atoms with E-state index in [1.165, 1.54) is 6.42 Å². The third-order valence-corrected chi connectivity index (χ3v) is 7.11. The minimum atomic E-state index is -0.911. The zero-order valence-corrected chi connectivity index (χ0v) is 21.6. The molecule has 194 valence electrons. The maximum atomic E-state index is 14.3. The van der Waals surface area contributed by atoms with Crippen molar-refractivity contribution in [3.63, 3.8) is 0 Å². The van der Waals surface area contributed by atoms with E-state index in [0.717, 1.165) is 31.2 Å². The number of carbonyl (C=O) groups is 2. The molecule has 2 amide bonds. The number of anilines is 1. The second kappa shape index (κ2) is 10.7. The number of fused-ring (bicyclic) bond motifs is 1. The first kappa shape index (κ1) is 24.9. The molecule has 37 heavy (non-hydrogen) atoms. The highest BCUT2D eigenvalue weighted by atomic mass is 16.6. The van der Waals surface area contributed by atoms with E-state index in [2.05, 4.69) is 10.4 Å². The first-order chi connectivity index (χ1) is 17.9. The third kappa shape index (κ3) is 5.33. The SMILES string of the molecule is Cc1cccc(N(C(=O)C2COc3ccccc3O2)C(C(=O)NC2CCCCC2)c2cn(C)nc2C)c1. The molecule has 1 aliphatic heterocycles. The molecule has 1 fully saturated rings. The van der Waals surface area contributed by atoms with E-state index in [9.17, 15) is 9.59 Å². The normalized spacial score (nSPS) is 18.2. The summed E-state index contributed by atoms with van der Waals surface area (Å²) in [5.41, 5.74) is 2.99. The van der Waals surface area contributed by atoms with Gasteiger partial charge in [0.15, 0.2) is 11.5 Å². The Morgan fingerprint density at radius 2 is 1.81 bits per heavy atom. The van der Waals surface area contributed by atoms with Crippen molar-refractivity contribution in [1.29, 1.82) is 0 Å². The minimum absolute atomic E-state index is 0.0567. The number of nitrogens with zero attached hydrogens (tertiary/aromatic N) is 3. The van der Waals surface area contributed by atoms with Crippen molar-refractivity contribution in [2.45, 2.75) is 64.1 Å². The molecule has 0 radical (unpaired) electrons. The first-order valence-electron chi connectivity index (χ1n) is 13.0. The molecule has 1 saturated carbocycles. The number of nitrogens with one attached hydrogen (secondary N) is 1. The molecular weight excluding hydrogens is 468 g/mol. The third-order valence-electron chi connectivity index (χ3n) is 7.11. The smallest absolute Gasteiger partial charge is 0.272 e. The quantitative estimate of drug-likeness (QED) is 0.540. The summed E-state index contributed by atoms with van der Waals surface area (Å²) in [5, 5.41) is 7.75. The van der Waals surface area contributed by atoms with Crippen molar-refractivity contribution in [2.75, 3.05) is 11.5 Å². The van der Waals surface area contributed by atoms with Crippen LogP contribution in [0.3, 0.4) is 0 Å². The van der Waals surface area contributed by atoms with E-state index in [1.807, 2.05) is 69.6 Å². The summed E-state index contributed by atoms with van der Waals surface area (Å²) >= 11 is 0. The van der Waals surface area contributed by atoms with Crippen LogP contribution < -0.4 is 19.7 Å². The summed E-state index contributed by atoms with van der Waals surface area (Å²) in [6.07, 6.45) is 6.18. The largest absolute Gasteiger partial charge is 0.485 e. The molecule has 2 aliphatic rings. The van der Waals surface area contributed by atoms with E-state index in [0.29, 0.717) is 28.4 Å². The zero-order chi connectivity index (χ0) is 25.9. The second-order valence-corrected chi connectivity index (χ2v) is 10.0. The molecule has 2 unspecified atom stereocenters. The number of amides is 2. The molecule has 2 heterocycles. The van der Waals surface area contributed by atoms with Gasteiger partial charge in [0, 0.05) is 30.5 Å². The Labute approximate surface area is 217 Å². The average Bonchev–Trinajstić information content (AvgIpc) is 3.24. The summed E-state index contributed by atoms with van der Waals surface area (Å²) in [6.45, 7) is 3.89. The van der Waals surface area contributed by atoms with Gasteiger partial charge in [0.1, 0.15) is 12.6 Å². The highest BCUT2D eigenvalue weighted by Gasteiger charge is 2.41. The molecule has 2 aromatic carbocycles. The van der Waals surface area contributed by atoms with Crippen LogP contribution >= 0.6 is 0 Å². The Kier molecular flexibility index (Phi) is 7.17. The number of carbonyl (C=O) groups excluding carboxylic acids is 2. The van der Waals surface area contributed by atoms with Gasteiger partial charge < -0.3 is 14.8 Å². The van der Waals surface area contributed by atoms with Gasteiger partial charge in [0.05, 0.1) is 5.69 Å². The van der Waals surface area contributed by atoms with Crippen molar-refractivity contribution in [3.05, 3.63) is 71.5 Å². The van der Waals surface area contributed by atoms with Crippen molar-refractivity contribution in [1.82, 2.24) is 15.1 Å². The molecule has 0 bridgehead atoms. The molecule has 0 spiro atoms. The zero-order valence-electron chi connectivity index (χ0n) is 21.6. The Morgan fingerprint density at radius 1 is 1.05 bits per heavy atom. The van der Waals surface area contributed by atoms with Crippen LogP contribution in [-0.2, 0) is 16.6 Å². The minimum Gasteiger partial charge on any atom is -0.485 e. The van der Waals surface area contributed by atoms with E-state index in [4.69, 9.17) is 9.47 Å². The summed E-state index contributed by atoms with van der Waals surface area (Å²) in [5.74, 6) is 0.558. The summed E-state index contributed by atoms with van der Waals surface area (Å²) in [6, 6.07) is 14.1. The molecule has 8 nitrogen and oxygen atoms in total. The fourth-order valence-corrected chi connectivity index (χ4v) is 5.29. The van der Waals surface area contributed by atoms with Gasteiger partial charge in [-0.25, -0.2) is 0 Å². The fourth-order valence-electron chi connectivity index (χ4n) is 5.29. The molecule has 1 N–H and O–H groups in total. The molecule has 1 aromatic heterocycles. The standard InChI is InChI=1S/C29H34N4O4/c1-19-10-9-13-22(16-19)33(29(35)26-18-36-24-14-7-8-15-25(24)37-26)27(23-17-32(3)31-20(23)2)28(34)30-21-11-5-4-6-12-21/h7-10,13-17,21,26-27H,4-6,11-12,18H2,1-3H3,(H,30,34). The molecule has 2 atom stereocenters. The predicted molar refractivity (Wildman–Crippen MR) is 141 cm³/mol. The topological polar surface area (TPSA) is 85.7 Å². The second-order valence-electron chi connectivity index (χ2n) is 10.0. The lowest BCUT2D eigenvalue weighted by molar-refractivity contribution is -0.132. The number of benzene rings is 2. The van der Waals surface area contributed by atoms with E-state index >= 15 is 0 Å². The molecule has 1 aliphatic carbocycles. The molecule has 3 aromatic rings. The Hall–Kier alpha value is -3.81. The van der Waals surface area contributed by atoms with Crippen LogP contribution in [0, 0.1) is 13.8 Å². The van der Waals surface area contributed by atoms with E-state index < -0.39 is 12.1 Å². The maximum Gasteiger partial charge on any atom is 0.272 e. The summed E-state index contributed by atoms with van der Waals surface area (Å²) < 4.78 is 13.7. The Morgan fingerprint density at radius 3 is 2.51 bits per heavy atom. The Balaban J connectivity index is 1.56. The number of rotatable bonds is 6. The molecular formula is C29H34N4O4. The van der Waals surface area contributed by atoms with Gasteiger partial charge in [-0.05, 0) is 56.5 Å². The number of para-hydroxylation sites is 2. The van der Waals surface area contributed by atoms with Crippen LogP contribution in [0.5, 0.6) is 11.5 Å². The van der Waals surface area contributed by atoms with Crippen LogP contribution in [-0.4, -0.2) is 40.3 Å². The number of hydrogen-bond acceptors (Lipinski definition) is 5. The number of aromatic nitrogens is 2. The fraction of sp³-hybridized carbons (Fsp3) is 0.414.